The smallest absolute Gasteiger partial charge is 0.114 e. The first-order valence-electron chi connectivity index (χ1n) is 4.33. The van der Waals surface area contributed by atoms with E-state index >= 15 is 0 Å². The van der Waals surface area contributed by atoms with Crippen LogP contribution >= 0.6 is 0 Å². The molecule has 10 heavy (non-hydrogen) atoms. The predicted octanol–water partition coefficient (Wildman–Crippen LogP) is 2.14. The Morgan fingerprint density at radius 2 is 1.50 bits per heavy atom. The summed E-state index contributed by atoms with van der Waals surface area (Å²) in [6.07, 6.45) is 0. The normalized spacial score (nSPS) is 12.0. The van der Waals surface area contributed by atoms with Gasteiger partial charge < -0.3 is 4.98 Å². The van der Waals surface area contributed by atoms with E-state index in [-0.39, 0.29) is 0 Å². The second kappa shape index (κ2) is 4.91. The lowest BCUT2D eigenvalue weighted by atomic mass is 10.5. The van der Waals surface area contributed by atoms with Crippen LogP contribution in [0.25, 0.3) is 0 Å². The molecule has 0 aromatic carbocycles. The van der Waals surface area contributed by atoms with Gasteiger partial charge in [-0.1, -0.05) is 34.6 Å². The van der Waals surface area contributed by atoms with Crippen molar-refractivity contribution in [3.8, 4) is 0 Å². The zero-order chi connectivity index (χ0) is 8.15. The van der Waals surface area contributed by atoms with Gasteiger partial charge in [-0.05, 0) is 17.6 Å². The van der Waals surface area contributed by atoms with Crippen molar-refractivity contribution in [3.05, 3.63) is 0 Å². The third kappa shape index (κ3) is 3.37. The summed E-state index contributed by atoms with van der Waals surface area (Å²) in [6.45, 7) is 12.7. The Hall–Kier alpha value is 0.177. The van der Waals surface area contributed by atoms with E-state index < -0.39 is 8.96 Å². The lowest BCUT2D eigenvalue weighted by Crippen LogP contribution is -2.38. The molecule has 0 aromatic heterocycles. The molecule has 0 aliphatic rings. The molecule has 0 saturated heterocycles. The first-order chi connectivity index (χ1) is 4.59. The molecule has 0 heterocycles. The van der Waals surface area contributed by atoms with Crippen LogP contribution < -0.4 is 4.98 Å². The number of rotatable bonds is 4. The highest BCUT2D eigenvalue weighted by molar-refractivity contribution is 6.59. The number of hydrogen-bond acceptors (Lipinski definition) is 1. The first kappa shape index (κ1) is 10.2. The summed E-state index contributed by atoms with van der Waals surface area (Å²) in [4.78, 5) is 3.62. The van der Waals surface area contributed by atoms with Crippen molar-refractivity contribution in [1.82, 2.24) is 4.98 Å². The van der Waals surface area contributed by atoms with Crippen LogP contribution in [0.2, 0.25) is 11.1 Å². The number of hydrogen-bond donors (Lipinski definition) is 1. The molecule has 62 valence electrons. The van der Waals surface area contributed by atoms with Gasteiger partial charge in [0.1, 0.15) is 8.96 Å². The van der Waals surface area contributed by atoms with Gasteiger partial charge in [-0.15, -0.1) is 0 Å². The van der Waals surface area contributed by atoms with Crippen LogP contribution in [-0.2, 0) is 0 Å². The SMILES string of the molecule is CCN[SiH](C(C)C)C(C)C. The van der Waals surface area contributed by atoms with Gasteiger partial charge in [0.2, 0.25) is 0 Å². The summed E-state index contributed by atoms with van der Waals surface area (Å²) >= 11 is 0. The standard InChI is InChI=1S/C8H21NSi/c1-6-9-10(7(2)3)8(4)5/h7-10H,6H2,1-5H3. The molecule has 0 unspecified atom stereocenters. The van der Waals surface area contributed by atoms with Gasteiger partial charge >= 0.3 is 0 Å². The van der Waals surface area contributed by atoms with Crippen molar-refractivity contribution in [2.24, 2.45) is 0 Å². The van der Waals surface area contributed by atoms with E-state index in [1.807, 2.05) is 0 Å². The molecule has 1 nitrogen and oxygen atoms in total. The fraction of sp³-hybridized carbons (Fsp3) is 1.00. The van der Waals surface area contributed by atoms with Gasteiger partial charge in [0, 0.05) is 0 Å². The minimum absolute atomic E-state index is 0.630. The topological polar surface area (TPSA) is 12.0 Å². The fourth-order valence-corrected chi connectivity index (χ4v) is 4.43. The van der Waals surface area contributed by atoms with Crippen molar-refractivity contribution >= 4 is 8.96 Å². The summed E-state index contributed by atoms with van der Waals surface area (Å²) in [6, 6.07) is 0. The molecule has 0 saturated carbocycles. The van der Waals surface area contributed by atoms with E-state index in [9.17, 15) is 0 Å². The largest absolute Gasteiger partial charge is 0.339 e. The Balaban J connectivity index is 3.73. The Labute approximate surface area is 66.9 Å². The minimum Gasteiger partial charge on any atom is -0.339 e. The maximum atomic E-state index is 3.62. The molecule has 0 amide bonds. The maximum absolute atomic E-state index is 3.62. The van der Waals surface area contributed by atoms with Gasteiger partial charge in [-0.3, -0.25) is 0 Å². The second-order valence-corrected chi connectivity index (χ2v) is 7.70. The summed E-state index contributed by atoms with van der Waals surface area (Å²) < 4.78 is 0. The summed E-state index contributed by atoms with van der Waals surface area (Å²) in [5.74, 6) is 0. The van der Waals surface area contributed by atoms with Gasteiger partial charge in [0.15, 0.2) is 0 Å². The molecule has 0 spiro atoms. The Bertz CT molecular complexity index is 73.3. The molecule has 0 fully saturated rings. The predicted molar refractivity (Wildman–Crippen MR) is 51.0 cm³/mol. The third-order valence-corrected chi connectivity index (χ3v) is 5.63. The fourth-order valence-electron chi connectivity index (χ4n) is 1.48. The van der Waals surface area contributed by atoms with Gasteiger partial charge in [-0.25, -0.2) is 0 Å². The molecule has 0 aromatic rings. The molecule has 1 N–H and O–H groups in total. The van der Waals surface area contributed by atoms with E-state index in [2.05, 4.69) is 39.6 Å². The first-order valence-corrected chi connectivity index (χ1v) is 6.24. The molecule has 0 aliphatic heterocycles. The maximum Gasteiger partial charge on any atom is 0.114 e. The van der Waals surface area contributed by atoms with E-state index in [0.29, 0.717) is 0 Å². The summed E-state index contributed by atoms with van der Waals surface area (Å²) in [7, 11) is -0.630. The van der Waals surface area contributed by atoms with Gasteiger partial charge in [0.05, 0.1) is 0 Å². The van der Waals surface area contributed by atoms with Crippen molar-refractivity contribution in [2.45, 2.75) is 45.7 Å². The van der Waals surface area contributed by atoms with E-state index in [1.54, 1.807) is 0 Å². The lowest BCUT2D eigenvalue weighted by Gasteiger charge is -2.23. The molecule has 2 heteroatoms. The monoisotopic (exact) mass is 159 g/mol. The van der Waals surface area contributed by atoms with Crippen LogP contribution in [0, 0.1) is 0 Å². The van der Waals surface area contributed by atoms with E-state index in [4.69, 9.17) is 0 Å². The van der Waals surface area contributed by atoms with Crippen molar-refractivity contribution < 1.29 is 0 Å². The highest BCUT2D eigenvalue weighted by Gasteiger charge is 2.17. The van der Waals surface area contributed by atoms with Crippen LogP contribution in [0.5, 0.6) is 0 Å². The average Bonchev–Trinajstić information content (AvgIpc) is 1.81. The van der Waals surface area contributed by atoms with E-state index in [0.717, 1.165) is 17.6 Å². The van der Waals surface area contributed by atoms with Crippen molar-refractivity contribution in [1.29, 1.82) is 0 Å². The second-order valence-electron chi connectivity index (χ2n) is 3.57. The highest BCUT2D eigenvalue weighted by Crippen LogP contribution is 2.16. The van der Waals surface area contributed by atoms with E-state index in [1.165, 1.54) is 0 Å². The molecule has 0 bridgehead atoms. The van der Waals surface area contributed by atoms with Crippen LogP contribution in [0.1, 0.15) is 34.6 Å². The molecule has 0 aliphatic carbocycles. The highest BCUT2D eigenvalue weighted by atomic mass is 28.3. The van der Waals surface area contributed by atoms with Crippen LogP contribution in [0.3, 0.4) is 0 Å². The Morgan fingerprint density at radius 3 is 1.60 bits per heavy atom. The Kier molecular flexibility index (Phi) is 5.00. The molecule has 0 rings (SSSR count). The number of nitrogens with one attached hydrogen (secondary N) is 1. The zero-order valence-corrected chi connectivity index (χ0v) is 9.09. The molecular formula is C8H21NSi. The molecular weight excluding hydrogens is 138 g/mol. The molecule has 0 radical (unpaired) electrons. The van der Waals surface area contributed by atoms with Gasteiger partial charge in [-0.2, -0.15) is 0 Å². The zero-order valence-electron chi connectivity index (χ0n) is 7.94. The quantitative estimate of drug-likeness (QED) is 0.620. The Morgan fingerprint density at radius 1 is 1.10 bits per heavy atom. The molecule has 0 atom stereocenters. The lowest BCUT2D eigenvalue weighted by molar-refractivity contribution is 0.847. The van der Waals surface area contributed by atoms with Crippen LogP contribution in [0.4, 0.5) is 0 Å². The third-order valence-electron chi connectivity index (χ3n) is 1.88. The van der Waals surface area contributed by atoms with Crippen LogP contribution in [0.15, 0.2) is 0 Å². The van der Waals surface area contributed by atoms with Crippen molar-refractivity contribution in [2.75, 3.05) is 6.54 Å². The van der Waals surface area contributed by atoms with Gasteiger partial charge in [0.25, 0.3) is 0 Å². The summed E-state index contributed by atoms with van der Waals surface area (Å²) in [5, 5.41) is 0. The van der Waals surface area contributed by atoms with Crippen LogP contribution in [-0.4, -0.2) is 15.5 Å². The van der Waals surface area contributed by atoms with Crippen molar-refractivity contribution in [3.63, 3.8) is 0 Å². The minimum atomic E-state index is -0.630. The summed E-state index contributed by atoms with van der Waals surface area (Å²) in [5.41, 5.74) is 1.78. The average molecular weight is 159 g/mol.